The molecule has 6 heteroatoms. The average molecular weight is 478 g/mol. The van der Waals surface area contributed by atoms with Crippen LogP contribution in [0.1, 0.15) is 33.6 Å². The molecule has 0 aromatic heterocycles. The first-order valence-electron chi connectivity index (χ1n) is 10.7. The predicted octanol–water partition coefficient (Wildman–Crippen LogP) is 5.25. The van der Waals surface area contributed by atoms with E-state index in [-0.39, 0.29) is 11.6 Å². The van der Waals surface area contributed by atoms with E-state index in [1.807, 2.05) is 48.6 Å². The SMILES string of the molecule is CC(C)(C)[Si](OCC1/C=C/CCCOC(=O)C1(Cl)Cl)(c1ccccc1)c1ccccc1. The van der Waals surface area contributed by atoms with Crippen molar-refractivity contribution in [2.45, 2.75) is 43.0 Å². The van der Waals surface area contributed by atoms with E-state index in [0.717, 1.165) is 23.2 Å². The Balaban J connectivity index is 2.06. The van der Waals surface area contributed by atoms with Crippen LogP contribution in [-0.4, -0.2) is 31.8 Å². The lowest BCUT2D eigenvalue weighted by molar-refractivity contribution is -0.145. The third-order valence-corrected chi connectivity index (χ3v) is 11.6. The molecule has 2 aromatic carbocycles. The van der Waals surface area contributed by atoms with Crippen LogP contribution in [0, 0.1) is 5.92 Å². The molecule has 31 heavy (non-hydrogen) atoms. The van der Waals surface area contributed by atoms with Crippen molar-refractivity contribution in [1.29, 1.82) is 0 Å². The van der Waals surface area contributed by atoms with E-state index in [0.29, 0.717) is 6.61 Å². The monoisotopic (exact) mass is 476 g/mol. The van der Waals surface area contributed by atoms with Crippen molar-refractivity contribution in [2.75, 3.05) is 13.2 Å². The van der Waals surface area contributed by atoms with Crippen LogP contribution in [0.4, 0.5) is 0 Å². The second-order valence-corrected chi connectivity index (χ2v) is 14.6. The van der Waals surface area contributed by atoms with Gasteiger partial charge in [-0.2, -0.15) is 0 Å². The number of hydrogen-bond acceptors (Lipinski definition) is 3. The van der Waals surface area contributed by atoms with Gasteiger partial charge in [0.1, 0.15) is 0 Å². The van der Waals surface area contributed by atoms with Crippen molar-refractivity contribution < 1.29 is 14.0 Å². The highest BCUT2D eigenvalue weighted by Gasteiger charge is 2.52. The predicted molar refractivity (Wildman–Crippen MR) is 131 cm³/mol. The number of carbonyl (C=O) groups is 1. The molecule has 0 bridgehead atoms. The zero-order valence-electron chi connectivity index (χ0n) is 18.3. The number of carbonyl (C=O) groups excluding carboxylic acids is 1. The van der Waals surface area contributed by atoms with Crippen molar-refractivity contribution in [3.05, 3.63) is 72.8 Å². The van der Waals surface area contributed by atoms with E-state index in [1.54, 1.807) is 0 Å². The minimum atomic E-state index is -2.76. The summed E-state index contributed by atoms with van der Waals surface area (Å²) in [6.07, 6.45) is 5.46. The van der Waals surface area contributed by atoms with E-state index in [4.69, 9.17) is 32.4 Å². The summed E-state index contributed by atoms with van der Waals surface area (Å²) in [6.45, 7) is 7.15. The van der Waals surface area contributed by atoms with Crippen LogP contribution < -0.4 is 10.4 Å². The summed E-state index contributed by atoms with van der Waals surface area (Å²) in [4.78, 5) is 12.5. The minimum absolute atomic E-state index is 0.181. The van der Waals surface area contributed by atoms with E-state index in [2.05, 4.69) is 45.0 Å². The fourth-order valence-electron chi connectivity index (χ4n) is 4.13. The van der Waals surface area contributed by atoms with E-state index < -0.39 is 24.5 Å². The fraction of sp³-hybridized carbons (Fsp3) is 0.400. The van der Waals surface area contributed by atoms with Crippen molar-refractivity contribution in [2.24, 2.45) is 5.92 Å². The zero-order valence-corrected chi connectivity index (χ0v) is 20.8. The number of alkyl halides is 2. The maximum atomic E-state index is 12.5. The number of esters is 1. The molecule has 1 aliphatic rings. The molecule has 3 rings (SSSR count). The van der Waals surface area contributed by atoms with Crippen LogP contribution in [0.2, 0.25) is 5.04 Å². The normalized spacial score (nSPS) is 20.8. The first kappa shape index (κ1) is 24.1. The Labute approximate surface area is 196 Å². The van der Waals surface area contributed by atoms with Crippen LogP contribution in [0.5, 0.6) is 0 Å². The summed E-state index contributed by atoms with van der Waals surface area (Å²) in [5.74, 6) is -1.14. The highest BCUT2D eigenvalue weighted by molar-refractivity contribution is 6.99. The summed E-state index contributed by atoms with van der Waals surface area (Å²) in [5.41, 5.74) is 0. The topological polar surface area (TPSA) is 35.5 Å². The molecule has 0 aliphatic carbocycles. The van der Waals surface area contributed by atoms with Crippen molar-refractivity contribution in [3.8, 4) is 0 Å². The second-order valence-electron chi connectivity index (χ2n) is 8.91. The molecular formula is C25H30Cl2O3Si. The van der Waals surface area contributed by atoms with Crippen LogP contribution in [-0.2, 0) is 14.0 Å². The lowest BCUT2D eigenvalue weighted by Gasteiger charge is -2.44. The number of benzene rings is 2. The fourth-order valence-corrected chi connectivity index (χ4v) is 9.10. The molecule has 0 saturated heterocycles. The van der Waals surface area contributed by atoms with Crippen molar-refractivity contribution >= 4 is 47.9 Å². The molecule has 2 aromatic rings. The van der Waals surface area contributed by atoms with Crippen LogP contribution in [0.25, 0.3) is 0 Å². The van der Waals surface area contributed by atoms with Crippen molar-refractivity contribution in [3.63, 3.8) is 0 Å². The van der Waals surface area contributed by atoms with Gasteiger partial charge in [0, 0.05) is 12.5 Å². The van der Waals surface area contributed by atoms with E-state index >= 15 is 0 Å². The van der Waals surface area contributed by atoms with Gasteiger partial charge in [-0.25, -0.2) is 4.79 Å². The minimum Gasteiger partial charge on any atom is -0.463 e. The van der Waals surface area contributed by atoms with Gasteiger partial charge in [-0.15, -0.1) is 0 Å². The molecule has 1 atom stereocenters. The summed E-state index contributed by atoms with van der Waals surface area (Å²) in [6, 6.07) is 20.7. The van der Waals surface area contributed by atoms with Gasteiger partial charge in [0.15, 0.2) is 0 Å². The number of allylic oxidation sites excluding steroid dienone is 1. The van der Waals surface area contributed by atoms with Gasteiger partial charge in [-0.3, -0.25) is 0 Å². The molecule has 1 heterocycles. The molecule has 3 nitrogen and oxygen atoms in total. The van der Waals surface area contributed by atoms with Gasteiger partial charge >= 0.3 is 5.97 Å². The van der Waals surface area contributed by atoms with Gasteiger partial charge in [0.05, 0.1) is 6.61 Å². The first-order chi connectivity index (χ1) is 14.7. The van der Waals surface area contributed by atoms with E-state index in [9.17, 15) is 4.79 Å². The molecule has 0 amide bonds. The highest BCUT2D eigenvalue weighted by Crippen LogP contribution is 2.40. The summed E-state index contributed by atoms with van der Waals surface area (Å²) < 4.78 is 10.5. The lowest BCUT2D eigenvalue weighted by Crippen LogP contribution is -2.67. The molecule has 1 aliphatic heterocycles. The van der Waals surface area contributed by atoms with Gasteiger partial charge in [-0.1, -0.05) is 117 Å². The van der Waals surface area contributed by atoms with E-state index in [1.165, 1.54) is 0 Å². The first-order valence-corrected chi connectivity index (χ1v) is 13.3. The van der Waals surface area contributed by atoms with Crippen molar-refractivity contribution in [1.82, 2.24) is 0 Å². The average Bonchev–Trinajstić information content (AvgIpc) is 2.80. The third kappa shape index (κ3) is 5.09. The molecule has 0 saturated carbocycles. The van der Waals surface area contributed by atoms with Gasteiger partial charge < -0.3 is 9.16 Å². The molecule has 166 valence electrons. The Kier molecular flexibility index (Phi) is 7.69. The molecule has 0 spiro atoms. The van der Waals surface area contributed by atoms with Crippen LogP contribution >= 0.6 is 23.2 Å². The van der Waals surface area contributed by atoms with Crippen LogP contribution in [0.15, 0.2) is 72.8 Å². The standard InChI is InChI=1S/C25H30Cl2O3Si/c1-24(2,3)31(21-14-8-4-9-15-21,22-16-10-5-11-17-22)30-19-20-13-7-6-12-18-29-23(28)25(20,26)27/h4-5,7-11,13-17,20H,6,12,18-19H2,1-3H3/b13-7+. The quantitative estimate of drug-likeness (QED) is 0.256. The van der Waals surface area contributed by atoms with Gasteiger partial charge in [0.25, 0.3) is 8.32 Å². The maximum absolute atomic E-state index is 12.5. The Morgan fingerprint density at radius 2 is 1.58 bits per heavy atom. The lowest BCUT2D eigenvalue weighted by atomic mass is 10.0. The number of halogens is 2. The number of hydrogen-bond donors (Lipinski definition) is 0. The summed E-state index contributed by atoms with van der Waals surface area (Å²) in [7, 11) is -2.76. The molecule has 0 fully saturated rings. The Bertz CT molecular complexity index is 852. The van der Waals surface area contributed by atoms with Gasteiger partial charge in [-0.05, 0) is 28.3 Å². The largest absolute Gasteiger partial charge is 0.463 e. The molecule has 0 N–H and O–H groups in total. The Hall–Kier alpha value is -1.59. The van der Waals surface area contributed by atoms with Crippen LogP contribution in [0.3, 0.4) is 0 Å². The summed E-state index contributed by atoms with van der Waals surface area (Å²) in [5, 5.41) is 2.15. The molecule has 0 radical (unpaired) electrons. The summed E-state index contributed by atoms with van der Waals surface area (Å²) >= 11 is 13.1. The third-order valence-electron chi connectivity index (χ3n) is 5.75. The number of cyclic esters (lactones) is 1. The molecule has 1 unspecified atom stereocenters. The Morgan fingerprint density at radius 3 is 2.10 bits per heavy atom. The number of rotatable bonds is 5. The smallest absolute Gasteiger partial charge is 0.343 e. The maximum Gasteiger partial charge on any atom is 0.343 e. The second kappa shape index (κ2) is 9.91. The van der Waals surface area contributed by atoms with Gasteiger partial charge in [0.2, 0.25) is 4.33 Å². The number of ether oxygens (including phenoxy) is 1. The highest BCUT2D eigenvalue weighted by atomic mass is 35.5. The molecular weight excluding hydrogens is 447 g/mol. The zero-order chi connectivity index (χ0) is 22.5. The Morgan fingerprint density at radius 1 is 1.03 bits per heavy atom.